The molecule has 0 aliphatic carbocycles. The van der Waals surface area contributed by atoms with Crippen molar-refractivity contribution in [1.29, 1.82) is 0 Å². The molecule has 5 aromatic rings. The van der Waals surface area contributed by atoms with Crippen molar-refractivity contribution in [2.75, 3.05) is 5.32 Å². The molecule has 0 unspecified atom stereocenters. The van der Waals surface area contributed by atoms with E-state index in [1.54, 1.807) is 30.5 Å². The van der Waals surface area contributed by atoms with Crippen molar-refractivity contribution in [3.63, 3.8) is 0 Å². The second-order valence-corrected chi connectivity index (χ2v) is 9.41. The third-order valence-corrected chi connectivity index (χ3v) is 6.69. The molecule has 5 rings (SSSR count). The predicted octanol–water partition coefficient (Wildman–Crippen LogP) is 8.13. The van der Waals surface area contributed by atoms with Gasteiger partial charge in [0.25, 0.3) is 0 Å². The van der Waals surface area contributed by atoms with Crippen LogP contribution in [0.5, 0.6) is 0 Å². The number of carbonyl (C=O) groups is 1. The number of para-hydroxylation sites is 1. The van der Waals surface area contributed by atoms with Crippen molar-refractivity contribution in [1.82, 2.24) is 4.98 Å². The number of benzene rings is 4. The van der Waals surface area contributed by atoms with Gasteiger partial charge in [0.15, 0.2) is 0 Å². The summed E-state index contributed by atoms with van der Waals surface area (Å²) in [6.45, 7) is 2.29. The van der Waals surface area contributed by atoms with E-state index >= 15 is 0 Å². The van der Waals surface area contributed by atoms with Gasteiger partial charge in [0.2, 0.25) is 0 Å². The predicted molar refractivity (Wildman–Crippen MR) is 147 cm³/mol. The number of rotatable bonds is 7. The van der Waals surface area contributed by atoms with Crippen LogP contribution in [0.4, 0.5) is 18.9 Å². The molecule has 0 bridgehead atoms. The number of fused-ring (bicyclic) bond motifs is 1. The van der Waals surface area contributed by atoms with Crippen LogP contribution in [0, 0.1) is 6.92 Å². The lowest BCUT2D eigenvalue weighted by Crippen LogP contribution is -2.07. The van der Waals surface area contributed by atoms with Gasteiger partial charge in [-0.2, -0.15) is 13.2 Å². The Morgan fingerprint density at radius 1 is 0.897 bits per heavy atom. The molecule has 4 nitrogen and oxygen atoms in total. The summed E-state index contributed by atoms with van der Waals surface area (Å²) in [4.78, 5) is 15.5. The Morgan fingerprint density at radius 3 is 2.36 bits per heavy atom. The molecule has 0 amide bonds. The van der Waals surface area contributed by atoms with E-state index in [1.165, 1.54) is 6.07 Å². The van der Waals surface area contributed by atoms with Crippen LogP contribution in [0.15, 0.2) is 97.2 Å². The van der Waals surface area contributed by atoms with Gasteiger partial charge in [0, 0.05) is 23.8 Å². The number of anilines is 1. The van der Waals surface area contributed by atoms with Gasteiger partial charge < -0.3 is 10.4 Å². The molecule has 1 heterocycles. The van der Waals surface area contributed by atoms with Gasteiger partial charge in [-0.25, -0.2) is 4.79 Å². The smallest absolute Gasteiger partial charge is 0.418 e. The summed E-state index contributed by atoms with van der Waals surface area (Å²) in [6.07, 6.45) is -2.45. The van der Waals surface area contributed by atoms with Crippen LogP contribution in [0.1, 0.15) is 38.2 Å². The Balaban J connectivity index is 1.56. The first-order valence-electron chi connectivity index (χ1n) is 12.4. The van der Waals surface area contributed by atoms with Crippen molar-refractivity contribution in [2.24, 2.45) is 0 Å². The van der Waals surface area contributed by atoms with Crippen LogP contribution in [0.25, 0.3) is 22.0 Å². The van der Waals surface area contributed by atoms with E-state index in [4.69, 9.17) is 0 Å². The number of nitrogens with one attached hydrogen (secondary N) is 1. The quantitative estimate of drug-likeness (QED) is 0.225. The van der Waals surface area contributed by atoms with Gasteiger partial charge >= 0.3 is 12.1 Å². The number of alkyl halides is 3. The van der Waals surface area contributed by atoms with Crippen LogP contribution in [0.3, 0.4) is 0 Å². The molecule has 196 valence electrons. The van der Waals surface area contributed by atoms with E-state index in [9.17, 15) is 23.1 Å². The SMILES string of the molecule is Cc1cc(C(=O)O)ccc1NCc1cccc(-c2c(Cc3ccccc3)cnc3c(C(F)(F)F)cccc23)c1. The van der Waals surface area contributed by atoms with Crippen LogP contribution in [-0.4, -0.2) is 16.1 Å². The summed E-state index contributed by atoms with van der Waals surface area (Å²) in [5, 5.41) is 13.0. The van der Waals surface area contributed by atoms with Crippen LogP contribution >= 0.6 is 0 Å². The van der Waals surface area contributed by atoms with E-state index in [-0.39, 0.29) is 11.1 Å². The molecule has 0 radical (unpaired) electrons. The minimum absolute atomic E-state index is 0.0746. The number of halogens is 3. The van der Waals surface area contributed by atoms with Crippen LogP contribution in [-0.2, 0) is 19.1 Å². The molecule has 0 fully saturated rings. The molecule has 1 aromatic heterocycles. The van der Waals surface area contributed by atoms with Gasteiger partial charge in [-0.15, -0.1) is 0 Å². The average Bonchev–Trinajstić information content (AvgIpc) is 2.92. The topological polar surface area (TPSA) is 62.2 Å². The zero-order valence-corrected chi connectivity index (χ0v) is 21.1. The minimum atomic E-state index is -4.52. The average molecular weight is 527 g/mol. The summed E-state index contributed by atoms with van der Waals surface area (Å²) in [6, 6.07) is 26.5. The standard InChI is InChI=1S/C32H25F3N2O2/c1-20-15-24(31(38)39)13-14-28(20)36-18-22-9-5-10-23(17-22)29-25(16-21-7-3-2-4-8-21)19-37-30-26(29)11-6-12-27(30)32(33,34)35/h2-15,17,19,36H,16,18H2,1H3,(H,38,39). The lowest BCUT2D eigenvalue weighted by atomic mass is 9.91. The van der Waals surface area contributed by atoms with E-state index in [0.29, 0.717) is 18.4 Å². The number of aromatic carboxylic acids is 1. The maximum Gasteiger partial charge on any atom is 0.418 e. The molecule has 0 spiro atoms. The number of carboxylic acids is 1. The number of aryl methyl sites for hydroxylation is 1. The van der Waals surface area contributed by atoms with Crippen LogP contribution in [0.2, 0.25) is 0 Å². The molecule has 7 heteroatoms. The lowest BCUT2D eigenvalue weighted by molar-refractivity contribution is -0.136. The Kier molecular flexibility index (Phi) is 7.07. The summed E-state index contributed by atoms with van der Waals surface area (Å²) in [7, 11) is 0. The highest BCUT2D eigenvalue weighted by Crippen LogP contribution is 2.39. The Morgan fingerprint density at radius 2 is 1.64 bits per heavy atom. The van der Waals surface area contributed by atoms with Crippen molar-refractivity contribution in [3.05, 3.63) is 131 Å². The van der Waals surface area contributed by atoms with E-state index in [1.807, 2.05) is 61.5 Å². The fourth-order valence-corrected chi connectivity index (χ4v) is 4.81. The van der Waals surface area contributed by atoms with Crippen LogP contribution < -0.4 is 5.32 Å². The third-order valence-electron chi connectivity index (χ3n) is 6.69. The highest BCUT2D eigenvalue weighted by molar-refractivity contribution is 5.98. The van der Waals surface area contributed by atoms with Gasteiger partial charge in [0.05, 0.1) is 16.6 Å². The number of aromatic nitrogens is 1. The normalized spacial score (nSPS) is 11.5. The fraction of sp³-hybridized carbons (Fsp3) is 0.125. The van der Waals surface area contributed by atoms with E-state index < -0.39 is 17.7 Å². The number of carboxylic acid groups (broad SMARTS) is 1. The lowest BCUT2D eigenvalue weighted by Gasteiger charge is -2.17. The summed E-state index contributed by atoms with van der Waals surface area (Å²) < 4.78 is 41.5. The van der Waals surface area contributed by atoms with Gasteiger partial charge in [-0.3, -0.25) is 4.98 Å². The molecule has 4 aromatic carbocycles. The zero-order chi connectivity index (χ0) is 27.6. The van der Waals surface area contributed by atoms with E-state index in [0.717, 1.165) is 45.1 Å². The van der Waals surface area contributed by atoms with Gasteiger partial charge in [-0.05, 0) is 77.1 Å². The second kappa shape index (κ2) is 10.6. The van der Waals surface area contributed by atoms with E-state index in [2.05, 4.69) is 10.3 Å². The molecule has 2 N–H and O–H groups in total. The van der Waals surface area contributed by atoms with Crippen molar-refractivity contribution in [3.8, 4) is 11.1 Å². The monoisotopic (exact) mass is 526 g/mol. The zero-order valence-electron chi connectivity index (χ0n) is 21.1. The Labute approximate surface area is 223 Å². The number of nitrogens with zero attached hydrogens (tertiary/aromatic N) is 1. The van der Waals surface area contributed by atoms with Gasteiger partial charge in [0.1, 0.15) is 0 Å². The maximum absolute atomic E-state index is 13.8. The van der Waals surface area contributed by atoms with Crippen molar-refractivity contribution in [2.45, 2.75) is 26.1 Å². The first-order valence-corrected chi connectivity index (χ1v) is 12.4. The first-order chi connectivity index (χ1) is 18.7. The third kappa shape index (κ3) is 5.62. The molecular weight excluding hydrogens is 501 g/mol. The molecular formula is C32H25F3N2O2. The van der Waals surface area contributed by atoms with Gasteiger partial charge in [-0.1, -0.05) is 60.7 Å². The highest BCUT2D eigenvalue weighted by Gasteiger charge is 2.33. The molecule has 0 aliphatic rings. The molecule has 0 aliphatic heterocycles. The Bertz CT molecular complexity index is 1660. The maximum atomic E-state index is 13.8. The number of hydrogen-bond donors (Lipinski definition) is 2. The highest BCUT2D eigenvalue weighted by atomic mass is 19.4. The number of pyridine rings is 1. The van der Waals surface area contributed by atoms with Crippen molar-refractivity contribution < 1.29 is 23.1 Å². The number of hydrogen-bond acceptors (Lipinski definition) is 3. The second-order valence-electron chi connectivity index (χ2n) is 9.41. The van der Waals surface area contributed by atoms with Crippen molar-refractivity contribution >= 4 is 22.6 Å². The first kappa shape index (κ1) is 26.0. The molecule has 0 atom stereocenters. The summed E-state index contributed by atoms with van der Waals surface area (Å²) in [5.74, 6) is -0.984. The Hall–Kier alpha value is -4.65. The summed E-state index contributed by atoms with van der Waals surface area (Å²) in [5.41, 5.74) is 5.30. The fourth-order valence-electron chi connectivity index (χ4n) is 4.81. The largest absolute Gasteiger partial charge is 0.478 e. The molecule has 0 saturated heterocycles. The summed E-state index contributed by atoms with van der Waals surface area (Å²) >= 11 is 0. The molecule has 39 heavy (non-hydrogen) atoms. The minimum Gasteiger partial charge on any atom is -0.478 e. The molecule has 0 saturated carbocycles.